The zero-order valence-electron chi connectivity index (χ0n) is 21.4. The number of amides is 3. The Bertz CT molecular complexity index is 1550. The van der Waals surface area contributed by atoms with E-state index in [0.29, 0.717) is 27.0 Å². The van der Waals surface area contributed by atoms with Gasteiger partial charge in [-0.2, -0.15) is 0 Å². The lowest BCUT2D eigenvalue weighted by Gasteiger charge is -2.15. The Morgan fingerprint density at radius 2 is 1.50 bits per heavy atom. The topological polar surface area (TPSA) is 87.3 Å². The second kappa shape index (κ2) is 13.8. The van der Waals surface area contributed by atoms with Crippen molar-refractivity contribution in [1.29, 1.82) is 0 Å². The van der Waals surface area contributed by atoms with Crippen molar-refractivity contribution in [2.45, 2.75) is 17.1 Å². The zero-order chi connectivity index (χ0) is 28.5. The molecule has 0 aliphatic carbocycles. The van der Waals surface area contributed by atoms with Crippen molar-refractivity contribution < 1.29 is 14.4 Å². The Kier molecular flexibility index (Phi) is 10.0. The number of hydrogen-bond donors (Lipinski definition) is 3. The number of hydrogen-bond acceptors (Lipinski definition) is 4. The van der Waals surface area contributed by atoms with E-state index in [0.717, 1.165) is 10.5 Å². The molecule has 4 aromatic rings. The average Bonchev–Trinajstić information content (AvgIpc) is 2.95. The maximum Gasteiger partial charge on any atom is 0.272 e. The highest BCUT2D eigenvalue weighted by Crippen LogP contribution is 2.29. The number of halogens is 2. The molecule has 4 aromatic carbocycles. The Morgan fingerprint density at radius 3 is 2.23 bits per heavy atom. The molecule has 0 radical (unpaired) electrons. The molecule has 0 heterocycles. The summed E-state index contributed by atoms with van der Waals surface area (Å²) in [6.45, 7) is 1.77. The van der Waals surface area contributed by atoms with Gasteiger partial charge >= 0.3 is 0 Å². The minimum absolute atomic E-state index is 0.0873. The lowest BCUT2D eigenvalue weighted by Crippen LogP contribution is -2.30. The maximum atomic E-state index is 13.3. The molecule has 1 atom stereocenters. The van der Waals surface area contributed by atoms with Crippen LogP contribution in [0.4, 0.5) is 11.4 Å². The number of carbonyl (C=O) groups is 3. The van der Waals surface area contributed by atoms with Crippen LogP contribution in [0.25, 0.3) is 6.08 Å². The van der Waals surface area contributed by atoms with Crippen molar-refractivity contribution >= 4 is 70.1 Å². The highest BCUT2D eigenvalue weighted by Gasteiger charge is 2.18. The van der Waals surface area contributed by atoms with Crippen LogP contribution in [0, 0.1) is 0 Å². The predicted octanol–water partition coefficient (Wildman–Crippen LogP) is 7.52. The summed E-state index contributed by atoms with van der Waals surface area (Å²) in [6, 6.07) is 29.9. The Hall–Kier alpha value is -4.04. The quantitative estimate of drug-likeness (QED) is 0.139. The van der Waals surface area contributed by atoms with E-state index in [9.17, 15) is 14.4 Å². The van der Waals surface area contributed by atoms with Gasteiger partial charge in [0.25, 0.3) is 11.8 Å². The average molecular weight is 591 g/mol. The lowest BCUT2D eigenvalue weighted by atomic mass is 10.1. The third-order valence-corrected chi connectivity index (χ3v) is 7.26. The fourth-order valence-electron chi connectivity index (χ4n) is 3.59. The third kappa shape index (κ3) is 8.23. The summed E-state index contributed by atoms with van der Waals surface area (Å²) in [7, 11) is 0. The van der Waals surface area contributed by atoms with Crippen molar-refractivity contribution in [2.24, 2.45) is 0 Å². The molecule has 0 spiro atoms. The van der Waals surface area contributed by atoms with Gasteiger partial charge in [-0.1, -0.05) is 77.8 Å². The van der Waals surface area contributed by atoms with Crippen LogP contribution in [0.15, 0.2) is 114 Å². The van der Waals surface area contributed by atoms with E-state index in [1.807, 2.05) is 42.5 Å². The van der Waals surface area contributed by atoms with Crippen LogP contribution in [-0.2, 0) is 9.59 Å². The molecule has 0 aliphatic rings. The van der Waals surface area contributed by atoms with E-state index in [1.54, 1.807) is 73.7 Å². The number of nitrogens with one attached hydrogen (secondary N) is 3. The van der Waals surface area contributed by atoms with E-state index in [4.69, 9.17) is 23.2 Å². The second-order valence-electron chi connectivity index (χ2n) is 8.64. The molecule has 9 heteroatoms. The van der Waals surface area contributed by atoms with Crippen molar-refractivity contribution in [2.75, 3.05) is 10.6 Å². The summed E-state index contributed by atoms with van der Waals surface area (Å²) in [5.41, 5.74) is 2.21. The Labute approximate surface area is 246 Å². The molecule has 0 fully saturated rings. The van der Waals surface area contributed by atoms with Crippen LogP contribution in [0.3, 0.4) is 0 Å². The molecule has 4 rings (SSSR count). The van der Waals surface area contributed by atoms with Crippen LogP contribution >= 0.6 is 35.0 Å². The fourth-order valence-corrected chi connectivity index (χ4v) is 4.85. The van der Waals surface area contributed by atoms with Gasteiger partial charge in [-0.25, -0.2) is 0 Å². The van der Waals surface area contributed by atoms with Crippen LogP contribution in [0.2, 0.25) is 10.0 Å². The molecule has 0 saturated heterocycles. The highest BCUT2D eigenvalue weighted by molar-refractivity contribution is 8.00. The minimum atomic E-state index is -0.489. The number of carbonyl (C=O) groups excluding carboxylic acids is 3. The zero-order valence-corrected chi connectivity index (χ0v) is 23.7. The highest BCUT2D eigenvalue weighted by atomic mass is 35.5. The normalized spacial score (nSPS) is 11.8. The van der Waals surface area contributed by atoms with Crippen molar-refractivity contribution in [1.82, 2.24) is 5.32 Å². The number of anilines is 2. The molecule has 0 aliphatic heterocycles. The molecular formula is C31H25Cl2N3O3S. The number of rotatable bonds is 9. The van der Waals surface area contributed by atoms with Gasteiger partial charge in [0.2, 0.25) is 5.91 Å². The molecule has 0 bridgehead atoms. The number of thioether (sulfide) groups is 1. The maximum absolute atomic E-state index is 13.3. The van der Waals surface area contributed by atoms with Gasteiger partial charge in [0.05, 0.1) is 16.0 Å². The summed E-state index contributed by atoms with van der Waals surface area (Å²) >= 11 is 13.5. The van der Waals surface area contributed by atoms with E-state index in [1.165, 1.54) is 11.8 Å². The first-order valence-corrected chi connectivity index (χ1v) is 13.9. The Morgan fingerprint density at radius 1 is 0.800 bits per heavy atom. The smallest absolute Gasteiger partial charge is 0.272 e. The molecule has 0 saturated carbocycles. The van der Waals surface area contributed by atoms with Crippen molar-refractivity contribution in [3.05, 3.63) is 130 Å². The molecule has 1 unspecified atom stereocenters. The molecule has 3 amide bonds. The van der Waals surface area contributed by atoms with Gasteiger partial charge in [-0.3, -0.25) is 14.4 Å². The monoisotopic (exact) mass is 589 g/mol. The third-order valence-electron chi connectivity index (χ3n) is 5.60. The largest absolute Gasteiger partial charge is 0.324 e. The molecular weight excluding hydrogens is 565 g/mol. The molecule has 40 heavy (non-hydrogen) atoms. The van der Waals surface area contributed by atoms with Crippen molar-refractivity contribution in [3.63, 3.8) is 0 Å². The van der Waals surface area contributed by atoms with E-state index in [-0.39, 0.29) is 11.6 Å². The van der Waals surface area contributed by atoms with Crippen LogP contribution in [0.1, 0.15) is 22.8 Å². The van der Waals surface area contributed by atoms with Crippen molar-refractivity contribution in [3.8, 4) is 0 Å². The number of benzene rings is 4. The van der Waals surface area contributed by atoms with Gasteiger partial charge in [0.15, 0.2) is 0 Å². The van der Waals surface area contributed by atoms with E-state index >= 15 is 0 Å². The molecule has 6 nitrogen and oxygen atoms in total. The fraction of sp³-hybridized carbons (Fsp3) is 0.0645. The van der Waals surface area contributed by atoms with Crippen LogP contribution in [0.5, 0.6) is 0 Å². The first-order valence-electron chi connectivity index (χ1n) is 12.3. The minimum Gasteiger partial charge on any atom is -0.324 e. The van der Waals surface area contributed by atoms with Crippen LogP contribution < -0.4 is 16.0 Å². The summed E-state index contributed by atoms with van der Waals surface area (Å²) in [5.74, 6) is -1.14. The SMILES string of the molecule is CC(Sc1cccc(NC(=O)/C(=C/c2ccccc2)NC(=O)c2ccccc2)c1)C(=O)Nc1cc(Cl)ccc1Cl. The second-order valence-corrected chi connectivity index (χ2v) is 10.9. The predicted molar refractivity (Wildman–Crippen MR) is 164 cm³/mol. The summed E-state index contributed by atoms with van der Waals surface area (Å²) in [5, 5.41) is 8.75. The van der Waals surface area contributed by atoms with E-state index < -0.39 is 17.1 Å². The van der Waals surface area contributed by atoms with Crippen LogP contribution in [-0.4, -0.2) is 23.0 Å². The Balaban J connectivity index is 1.46. The summed E-state index contributed by atoms with van der Waals surface area (Å²) in [6.07, 6.45) is 1.61. The standard InChI is InChI=1S/C31H25Cl2N3O3S/c1-20(29(37)35-27-18-23(32)15-16-26(27)33)40-25-14-8-13-24(19-25)34-31(39)28(17-21-9-4-2-5-10-21)36-30(38)22-11-6-3-7-12-22/h2-20H,1H3,(H,34,39)(H,35,37)(H,36,38)/b28-17-. The van der Waals surface area contributed by atoms with Gasteiger partial charge in [-0.15, -0.1) is 11.8 Å². The molecule has 202 valence electrons. The van der Waals surface area contributed by atoms with E-state index in [2.05, 4.69) is 16.0 Å². The summed E-state index contributed by atoms with van der Waals surface area (Å²) in [4.78, 5) is 39.7. The van der Waals surface area contributed by atoms with Gasteiger partial charge in [0, 0.05) is 21.2 Å². The molecule has 0 aromatic heterocycles. The summed E-state index contributed by atoms with van der Waals surface area (Å²) < 4.78 is 0. The molecule has 3 N–H and O–H groups in total. The van der Waals surface area contributed by atoms with Gasteiger partial charge in [-0.05, 0) is 67.1 Å². The first-order chi connectivity index (χ1) is 19.3. The first kappa shape index (κ1) is 29.0. The van der Waals surface area contributed by atoms with Gasteiger partial charge in [0.1, 0.15) is 5.70 Å². The lowest BCUT2D eigenvalue weighted by molar-refractivity contribution is -0.115. The van der Waals surface area contributed by atoms with Gasteiger partial charge < -0.3 is 16.0 Å².